The van der Waals surface area contributed by atoms with Crippen molar-refractivity contribution in [1.82, 2.24) is 4.90 Å². The smallest absolute Gasteiger partial charge is 0.410 e. The number of carbonyl (C=O) groups is 1. The molecule has 1 saturated heterocycles. The van der Waals surface area contributed by atoms with Gasteiger partial charge < -0.3 is 9.64 Å². The molecule has 4 nitrogen and oxygen atoms in total. The molecule has 1 aliphatic rings. The summed E-state index contributed by atoms with van der Waals surface area (Å²) < 4.78 is 19.6. The van der Waals surface area contributed by atoms with Crippen LogP contribution >= 0.6 is 0 Å². The van der Waals surface area contributed by atoms with E-state index in [4.69, 9.17) is 4.74 Å². The Morgan fingerprint density at radius 2 is 1.96 bits per heavy atom. The normalized spacial score (nSPS) is 17.4. The molecule has 1 amide bonds. The summed E-state index contributed by atoms with van der Waals surface area (Å²) in [6.45, 7) is 6.41. The molecule has 0 atom stereocenters. The van der Waals surface area contributed by atoms with Crippen molar-refractivity contribution in [2.75, 3.05) is 13.1 Å². The van der Waals surface area contributed by atoms with Crippen LogP contribution in [0.5, 0.6) is 0 Å². The minimum absolute atomic E-state index is 0.246. The van der Waals surface area contributed by atoms with Gasteiger partial charge in [-0.1, -0.05) is 18.2 Å². The monoisotopic (exact) mass is 318 g/mol. The van der Waals surface area contributed by atoms with Gasteiger partial charge >= 0.3 is 6.09 Å². The van der Waals surface area contributed by atoms with Gasteiger partial charge in [0.2, 0.25) is 0 Å². The number of rotatable bonds is 2. The van der Waals surface area contributed by atoms with E-state index < -0.39 is 11.0 Å². The second kappa shape index (κ2) is 6.57. The predicted molar refractivity (Wildman–Crippen MR) is 85.3 cm³/mol. The van der Waals surface area contributed by atoms with Crippen LogP contribution in [0.15, 0.2) is 24.3 Å². The Morgan fingerprint density at radius 3 is 2.48 bits per heavy atom. The summed E-state index contributed by atoms with van der Waals surface area (Å²) in [5.41, 5.74) is -0.493. The van der Waals surface area contributed by atoms with E-state index in [0.29, 0.717) is 31.5 Å². The average Bonchev–Trinajstić information content (AvgIpc) is 2.47. The number of hydrogen-bond acceptors (Lipinski definition) is 3. The quantitative estimate of drug-likeness (QED) is 0.828. The van der Waals surface area contributed by atoms with E-state index in [-0.39, 0.29) is 18.3 Å². The van der Waals surface area contributed by atoms with Crippen LogP contribution in [-0.2, 0) is 10.2 Å². The van der Waals surface area contributed by atoms with Crippen molar-refractivity contribution < 1.29 is 13.9 Å². The van der Waals surface area contributed by atoms with E-state index in [1.807, 2.05) is 20.8 Å². The molecule has 1 aliphatic heterocycles. The standard InChI is InChI=1S/C18H23FN2O2/c1-17(2,3)23-16(22)21-12-9-18(8-11-20,10-13-21)14-6-4-5-7-15(14)19/h4-7H,8-10,12-13H2,1-3H3. The van der Waals surface area contributed by atoms with Crippen LogP contribution in [0.3, 0.4) is 0 Å². The summed E-state index contributed by atoms with van der Waals surface area (Å²) in [6, 6.07) is 8.79. The molecule has 1 aromatic carbocycles. The van der Waals surface area contributed by atoms with Gasteiger partial charge in [0.1, 0.15) is 11.4 Å². The lowest BCUT2D eigenvalue weighted by molar-refractivity contribution is 0.0164. The van der Waals surface area contributed by atoms with E-state index in [1.165, 1.54) is 6.07 Å². The molecule has 5 heteroatoms. The maximum atomic E-state index is 14.2. The van der Waals surface area contributed by atoms with Crippen LogP contribution in [0, 0.1) is 17.1 Å². The minimum Gasteiger partial charge on any atom is -0.444 e. The summed E-state index contributed by atoms with van der Waals surface area (Å²) in [5.74, 6) is -0.284. The highest BCUT2D eigenvalue weighted by atomic mass is 19.1. The van der Waals surface area contributed by atoms with Crippen molar-refractivity contribution >= 4 is 6.09 Å². The molecule has 0 unspecified atom stereocenters. The molecule has 1 fully saturated rings. The zero-order valence-electron chi connectivity index (χ0n) is 13.9. The SMILES string of the molecule is CC(C)(C)OC(=O)N1CCC(CC#N)(c2ccccc2F)CC1. The topological polar surface area (TPSA) is 53.3 Å². The Kier molecular flexibility index (Phi) is 4.93. The maximum absolute atomic E-state index is 14.2. The number of carbonyl (C=O) groups excluding carboxylic acids is 1. The van der Waals surface area contributed by atoms with Crippen molar-refractivity contribution in [3.63, 3.8) is 0 Å². The molecular formula is C18H23FN2O2. The molecule has 2 rings (SSSR count). The number of hydrogen-bond donors (Lipinski definition) is 0. The Morgan fingerprint density at radius 1 is 1.35 bits per heavy atom. The Labute approximate surface area is 136 Å². The average molecular weight is 318 g/mol. The summed E-state index contributed by atoms with van der Waals surface area (Å²) in [7, 11) is 0. The molecule has 0 aromatic heterocycles. The van der Waals surface area contributed by atoms with Crippen molar-refractivity contribution in [2.45, 2.75) is 51.0 Å². The Hall–Kier alpha value is -2.09. The minimum atomic E-state index is -0.538. The summed E-state index contributed by atoms with van der Waals surface area (Å²) >= 11 is 0. The van der Waals surface area contributed by atoms with Gasteiger partial charge in [-0.3, -0.25) is 0 Å². The second-order valence-corrected chi connectivity index (χ2v) is 7.06. The van der Waals surface area contributed by atoms with Crippen molar-refractivity contribution in [3.05, 3.63) is 35.6 Å². The van der Waals surface area contributed by atoms with E-state index >= 15 is 0 Å². The molecule has 0 aliphatic carbocycles. The van der Waals surface area contributed by atoms with Gasteiger partial charge in [-0.05, 0) is 45.2 Å². The fourth-order valence-electron chi connectivity index (χ4n) is 3.03. The van der Waals surface area contributed by atoms with Gasteiger partial charge in [-0.25, -0.2) is 9.18 Å². The molecular weight excluding hydrogens is 295 g/mol. The first kappa shape index (κ1) is 17.3. The van der Waals surface area contributed by atoms with Crippen LogP contribution in [-0.4, -0.2) is 29.7 Å². The molecule has 0 bridgehead atoms. The van der Waals surface area contributed by atoms with Crippen LogP contribution in [0.25, 0.3) is 0 Å². The first-order valence-electron chi connectivity index (χ1n) is 7.87. The summed E-state index contributed by atoms with van der Waals surface area (Å²) in [6.07, 6.45) is 1.01. The molecule has 1 heterocycles. The van der Waals surface area contributed by atoms with Crippen molar-refractivity contribution in [3.8, 4) is 6.07 Å². The third-order valence-corrected chi connectivity index (χ3v) is 4.23. The van der Waals surface area contributed by atoms with E-state index in [9.17, 15) is 14.4 Å². The third kappa shape index (κ3) is 4.01. The lowest BCUT2D eigenvalue weighted by Crippen LogP contribution is -2.47. The molecule has 0 radical (unpaired) electrons. The largest absolute Gasteiger partial charge is 0.444 e. The fourth-order valence-corrected chi connectivity index (χ4v) is 3.03. The number of nitrogens with zero attached hydrogens (tertiary/aromatic N) is 2. The lowest BCUT2D eigenvalue weighted by atomic mass is 9.70. The van der Waals surface area contributed by atoms with Crippen LogP contribution in [0.2, 0.25) is 0 Å². The number of nitriles is 1. The lowest BCUT2D eigenvalue weighted by Gasteiger charge is -2.41. The van der Waals surface area contributed by atoms with E-state index in [1.54, 1.807) is 23.1 Å². The zero-order chi connectivity index (χ0) is 17.1. The van der Waals surface area contributed by atoms with E-state index in [0.717, 1.165) is 0 Å². The van der Waals surface area contributed by atoms with Gasteiger partial charge in [0.05, 0.1) is 6.07 Å². The van der Waals surface area contributed by atoms with Crippen molar-refractivity contribution in [1.29, 1.82) is 5.26 Å². The second-order valence-electron chi connectivity index (χ2n) is 7.06. The highest BCUT2D eigenvalue weighted by Crippen LogP contribution is 2.39. The molecule has 23 heavy (non-hydrogen) atoms. The molecule has 124 valence electrons. The van der Waals surface area contributed by atoms with Crippen LogP contribution < -0.4 is 0 Å². The predicted octanol–water partition coefficient (Wildman–Crippen LogP) is 4.01. The van der Waals surface area contributed by atoms with E-state index in [2.05, 4.69) is 6.07 Å². The highest BCUT2D eigenvalue weighted by molar-refractivity contribution is 5.68. The number of likely N-dealkylation sites (tertiary alicyclic amines) is 1. The van der Waals surface area contributed by atoms with Gasteiger partial charge in [-0.2, -0.15) is 5.26 Å². The van der Waals surface area contributed by atoms with Gasteiger partial charge in [0, 0.05) is 24.9 Å². The molecule has 0 spiro atoms. The van der Waals surface area contributed by atoms with Crippen molar-refractivity contribution in [2.24, 2.45) is 0 Å². The molecule has 0 saturated carbocycles. The van der Waals surface area contributed by atoms with Gasteiger partial charge in [-0.15, -0.1) is 0 Å². The fraction of sp³-hybridized carbons (Fsp3) is 0.556. The van der Waals surface area contributed by atoms with Crippen LogP contribution in [0.4, 0.5) is 9.18 Å². The Balaban J connectivity index is 2.14. The number of benzene rings is 1. The van der Waals surface area contributed by atoms with Gasteiger partial charge in [0.25, 0.3) is 0 Å². The number of halogens is 1. The highest BCUT2D eigenvalue weighted by Gasteiger charge is 2.39. The number of piperidine rings is 1. The first-order chi connectivity index (χ1) is 10.8. The van der Waals surface area contributed by atoms with Crippen LogP contribution in [0.1, 0.15) is 45.6 Å². The molecule has 0 N–H and O–H groups in total. The number of amides is 1. The Bertz CT molecular complexity index is 608. The molecule has 1 aromatic rings. The third-order valence-electron chi connectivity index (χ3n) is 4.23. The summed E-state index contributed by atoms with van der Waals surface area (Å²) in [4.78, 5) is 13.8. The number of ether oxygens (including phenoxy) is 1. The first-order valence-corrected chi connectivity index (χ1v) is 7.87. The van der Waals surface area contributed by atoms with Gasteiger partial charge in [0.15, 0.2) is 0 Å². The summed E-state index contributed by atoms with van der Waals surface area (Å²) in [5, 5.41) is 9.19. The zero-order valence-corrected chi connectivity index (χ0v) is 13.9. The maximum Gasteiger partial charge on any atom is 0.410 e.